The Morgan fingerprint density at radius 2 is 1.85 bits per heavy atom. The molecule has 0 radical (unpaired) electrons. The first-order chi connectivity index (χ1) is 9.38. The molecule has 0 aliphatic heterocycles. The van der Waals surface area contributed by atoms with Gasteiger partial charge in [-0.1, -0.05) is 13.8 Å². The van der Waals surface area contributed by atoms with E-state index < -0.39 is 0 Å². The summed E-state index contributed by atoms with van der Waals surface area (Å²) in [6, 6.07) is 3.83. The molecule has 2 rings (SSSR count). The molecule has 4 heteroatoms. The lowest BCUT2D eigenvalue weighted by atomic mass is 9.75. The number of halogens is 1. The number of hydrogen-bond acceptors (Lipinski definition) is 3. The zero-order valence-electron chi connectivity index (χ0n) is 12.2. The molecule has 1 aliphatic rings. The van der Waals surface area contributed by atoms with Crippen molar-refractivity contribution in [2.24, 2.45) is 5.41 Å². The molecule has 108 valence electrons. The number of hydrogen-bond donors (Lipinski definition) is 0. The third-order valence-electron chi connectivity index (χ3n) is 3.49. The van der Waals surface area contributed by atoms with Crippen molar-refractivity contribution in [1.29, 1.82) is 0 Å². The van der Waals surface area contributed by atoms with Gasteiger partial charge in [-0.3, -0.25) is 4.79 Å². The minimum atomic E-state index is -0.0153. The van der Waals surface area contributed by atoms with Gasteiger partial charge >= 0.3 is 0 Å². The quantitative estimate of drug-likeness (QED) is 0.826. The Labute approximate surface area is 128 Å². The topological polar surface area (TPSA) is 35.5 Å². The minimum Gasteiger partial charge on any atom is -0.495 e. The van der Waals surface area contributed by atoms with Gasteiger partial charge in [0.05, 0.1) is 14.2 Å². The molecule has 0 bridgehead atoms. The van der Waals surface area contributed by atoms with E-state index >= 15 is 0 Å². The molecule has 1 aromatic carbocycles. The van der Waals surface area contributed by atoms with Crippen LogP contribution in [0.15, 0.2) is 22.7 Å². The fraction of sp³-hybridized carbons (Fsp3) is 0.438. The molecule has 0 atom stereocenters. The molecule has 0 fully saturated rings. The first kappa shape index (κ1) is 15.1. The number of carbonyl (C=O) groups excluding carboxylic acids is 1. The second-order valence-corrected chi connectivity index (χ2v) is 6.61. The summed E-state index contributed by atoms with van der Waals surface area (Å²) in [5, 5.41) is 0. The smallest absolute Gasteiger partial charge is 0.156 e. The van der Waals surface area contributed by atoms with Gasteiger partial charge in [-0.15, -0.1) is 0 Å². The predicted molar refractivity (Wildman–Crippen MR) is 83.2 cm³/mol. The summed E-state index contributed by atoms with van der Waals surface area (Å²) < 4.78 is 11.5. The van der Waals surface area contributed by atoms with Crippen molar-refractivity contribution in [2.75, 3.05) is 14.2 Å². The molecule has 0 unspecified atom stereocenters. The van der Waals surface area contributed by atoms with Gasteiger partial charge in [0.15, 0.2) is 5.78 Å². The van der Waals surface area contributed by atoms with E-state index in [-0.39, 0.29) is 11.2 Å². The lowest BCUT2D eigenvalue weighted by Gasteiger charge is -2.29. The summed E-state index contributed by atoms with van der Waals surface area (Å²) in [7, 11) is 3.24. The molecule has 0 N–H and O–H groups in total. The number of ether oxygens (including phenoxy) is 2. The van der Waals surface area contributed by atoms with Gasteiger partial charge in [0, 0.05) is 12.0 Å². The van der Waals surface area contributed by atoms with Crippen molar-refractivity contribution >= 4 is 27.3 Å². The Morgan fingerprint density at radius 1 is 1.15 bits per heavy atom. The number of benzene rings is 1. The van der Waals surface area contributed by atoms with Crippen molar-refractivity contribution in [3.8, 4) is 11.5 Å². The normalized spacial score (nSPS) is 17.6. The van der Waals surface area contributed by atoms with Gasteiger partial charge in [0.1, 0.15) is 16.0 Å². The Hall–Kier alpha value is -1.29. The van der Waals surface area contributed by atoms with Crippen molar-refractivity contribution in [1.82, 2.24) is 0 Å². The highest BCUT2D eigenvalue weighted by molar-refractivity contribution is 9.10. The second kappa shape index (κ2) is 5.60. The Balaban J connectivity index is 2.53. The third-order valence-corrected chi connectivity index (χ3v) is 4.24. The number of allylic oxidation sites excluding steroid dienone is 2. The van der Waals surface area contributed by atoms with Gasteiger partial charge in [-0.2, -0.15) is 0 Å². The van der Waals surface area contributed by atoms with E-state index in [0.717, 1.165) is 22.0 Å². The van der Waals surface area contributed by atoms with Crippen molar-refractivity contribution in [3.05, 3.63) is 28.2 Å². The van der Waals surface area contributed by atoms with Crippen LogP contribution < -0.4 is 9.47 Å². The predicted octanol–water partition coefficient (Wildman–Crippen LogP) is 4.24. The van der Waals surface area contributed by atoms with E-state index in [9.17, 15) is 4.79 Å². The Kier molecular flexibility index (Phi) is 4.23. The number of methoxy groups -OCH3 is 2. The van der Waals surface area contributed by atoms with Crippen LogP contribution in [0.4, 0.5) is 0 Å². The van der Waals surface area contributed by atoms with Crippen LogP contribution in [0.3, 0.4) is 0 Å². The van der Waals surface area contributed by atoms with Crippen molar-refractivity contribution < 1.29 is 14.3 Å². The Bertz CT molecular complexity index is 573. The third kappa shape index (κ3) is 2.90. The van der Waals surface area contributed by atoms with Crippen LogP contribution in [0.25, 0.3) is 5.57 Å². The van der Waals surface area contributed by atoms with Crippen molar-refractivity contribution in [3.63, 3.8) is 0 Å². The standard InChI is InChI=1S/C16H19BrO3/c1-16(2)8-10(7-11(18)9-16)12-5-6-13(19-3)14(17)15(12)20-4/h5-7H,8-9H2,1-4H3. The van der Waals surface area contributed by atoms with Crippen LogP contribution in [-0.4, -0.2) is 20.0 Å². The summed E-state index contributed by atoms with van der Waals surface area (Å²) in [4.78, 5) is 11.9. The van der Waals surface area contributed by atoms with Crippen LogP contribution in [0.1, 0.15) is 32.3 Å². The van der Waals surface area contributed by atoms with E-state index in [2.05, 4.69) is 29.8 Å². The lowest BCUT2D eigenvalue weighted by Crippen LogP contribution is -2.21. The van der Waals surface area contributed by atoms with Crippen LogP contribution in [0, 0.1) is 5.41 Å². The lowest BCUT2D eigenvalue weighted by molar-refractivity contribution is -0.116. The van der Waals surface area contributed by atoms with Crippen LogP contribution in [0.5, 0.6) is 11.5 Å². The molecule has 0 amide bonds. The maximum Gasteiger partial charge on any atom is 0.156 e. The number of ketones is 1. The van der Waals surface area contributed by atoms with Gasteiger partial charge < -0.3 is 9.47 Å². The van der Waals surface area contributed by atoms with Crippen LogP contribution in [0.2, 0.25) is 0 Å². The van der Waals surface area contributed by atoms with E-state index in [4.69, 9.17) is 9.47 Å². The van der Waals surface area contributed by atoms with E-state index in [1.54, 1.807) is 20.3 Å². The summed E-state index contributed by atoms with van der Waals surface area (Å²) in [6.45, 7) is 4.23. The number of carbonyl (C=O) groups is 1. The van der Waals surface area contributed by atoms with E-state index in [0.29, 0.717) is 17.9 Å². The zero-order chi connectivity index (χ0) is 14.9. The van der Waals surface area contributed by atoms with Gasteiger partial charge in [-0.25, -0.2) is 0 Å². The number of rotatable bonds is 3. The molecular weight excluding hydrogens is 320 g/mol. The highest BCUT2D eigenvalue weighted by Gasteiger charge is 2.29. The summed E-state index contributed by atoms with van der Waals surface area (Å²) in [5.41, 5.74) is 1.95. The summed E-state index contributed by atoms with van der Waals surface area (Å²) in [6.07, 6.45) is 3.19. The molecule has 3 nitrogen and oxygen atoms in total. The molecule has 1 aromatic rings. The van der Waals surface area contributed by atoms with E-state index in [1.165, 1.54) is 0 Å². The molecule has 0 saturated heterocycles. The van der Waals surface area contributed by atoms with Gasteiger partial charge in [0.25, 0.3) is 0 Å². The maximum atomic E-state index is 11.9. The van der Waals surface area contributed by atoms with Gasteiger partial charge in [-0.05, 0) is 51.5 Å². The molecule has 1 aliphatic carbocycles. The largest absolute Gasteiger partial charge is 0.495 e. The van der Waals surface area contributed by atoms with Crippen LogP contribution >= 0.6 is 15.9 Å². The first-order valence-electron chi connectivity index (χ1n) is 6.52. The molecular formula is C16H19BrO3. The zero-order valence-corrected chi connectivity index (χ0v) is 13.8. The van der Waals surface area contributed by atoms with Crippen LogP contribution in [-0.2, 0) is 4.79 Å². The molecule has 0 heterocycles. The monoisotopic (exact) mass is 338 g/mol. The maximum absolute atomic E-state index is 11.9. The highest BCUT2D eigenvalue weighted by atomic mass is 79.9. The average molecular weight is 339 g/mol. The van der Waals surface area contributed by atoms with Gasteiger partial charge in [0.2, 0.25) is 0 Å². The first-order valence-corrected chi connectivity index (χ1v) is 7.31. The molecule has 0 aromatic heterocycles. The van der Waals surface area contributed by atoms with E-state index in [1.807, 2.05) is 12.1 Å². The molecule has 0 saturated carbocycles. The second-order valence-electron chi connectivity index (χ2n) is 5.82. The summed E-state index contributed by atoms with van der Waals surface area (Å²) >= 11 is 3.50. The minimum absolute atomic E-state index is 0.0153. The molecule has 0 spiro atoms. The SMILES string of the molecule is COc1ccc(C2=CC(=O)CC(C)(C)C2)c(OC)c1Br. The fourth-order valence-electron chi connectivity index (χ4n) is 2.67. The average Bonchev–Trinajstić information content (AvgIpc) is 2.35. The fourth-order valence-corrected chi connectivity index (χ4v) is 3.34. The van der Waals surface area contributed by atoms with Crippen molar-refractivity contribution in [2.45, 2.75) is 26.7 Å². The highest BCUT2D eigenvalue weighted by Crippen LogP contribution is 2.45. The summed E-state index contributed by atoms with van der Waals surface area (Å²) in [5.74, 6) is 1.60. The molecule has 20 heavy (non-hydrogen) atoms. The Morgan fingerprint density at radius 3 is 2.40 bits per heavy atom.